The third-order valence-corrected chi connectivity index (χ3v) is 7.82. The van der Waals surface area contributed by atoms with Gasteiger partial charge in [-0.3, -0.25) is 4.90 Å². The van der Waals surface area contributed by atoms with Crippen molar-refractivity contribution in [3.05, 3.63) is 101 Å². The number of nitrogen functional groups attached to an aromatic ring is 1. The highest BCUT2D eigenvalue weighted by atomic mass is 16.5. The van der Waals surface area contributed by atoms with Crippen molar-refractivity contribution in [1.29, 1.82) is 0 Å². The molecule has 10 nitrogen and oxygen atoms in total. The molecule has 222 valence electrons. The van der Waals surface area contributed by atoms with Gasteiger partial charge in [0.2, 0.25) is 17.4 Å². The smallest absolute Gasteiger partial charge is 0.348 e. The third kappa shape index (κ3) is 6.87. The summed E-state index contributed by atoms with van der Waals surface area (Å²) in [6, 6.07) is 24.6. The highest BCUT2D eigenvalue weighted by Gasteiger charge is 2.36. The minimum absolute atomic E-state index is 0.141. The van der Waals surface area contributed by atoms with Crippen molar-refractivity contribution in [2.75, 3.05) is 36.8 Å². The van der Waals surface area contributed by atoms with Crippen LogP contribution in [0.25, 0.3) is 0 Å². The number of carboxylic acid groups (broad SMARTS) is 1. The Hall–Kier alpha value is -4.67. The van der Waals surface area contributed by atoms with Crippen LogP contribution in [0, 0.1) is 0 Å². The van der Waals surface area contributed by atoms with E-state index < -0.39 is 11.6 Å². The lowest BCUT2D eigenvalue weighted by Crippen LogP contribution is -2.46. The van der Waals surface area contributed by atoms with Gasteiger partial charge in [0.1, 0.15) is 17.3 Å². The minimum Gasteiger partial charge on any atom is -0.478 e. The monoisotopic (exact) mass is 581 g/mol. The maximum atomic E-state index is 12.1. The number of hydrogen-bond acceptors (Lipinski definition) is 9. The number of ether oxygens (including phenoxy) is 3. The minimum atomic E-state index is -1.43. The molecule has 43 heavy (non-hydrogen) atoms. The normalized spacial score (nSPS) is 16.3. The van der Waals surface area contributed by atoms with Crippen LogP contribution in [0.2, 0.25) is 0 Å². The largest absolute Gasteiger partial charge is 0.478 e. The van der Waals surface area contributed by atoms with Crippen LogP contribution >= 0.6 is 0 Å². The zero-order valence-corrected chi connectivity index (χ0v) is 24.1. The Morgan fingerprint density at radius 1 is 0.907 bits per heavy atom. The first-order valence-electron chi connectivity index (χ1n) is 14.4. The van der Waals surface area contributed by atoms with E-state index >= 15 is 0 Å². The molecule has 1 atom stereocenters. The third-order valence-electron chi connectivity index (χ3n) is 7.82. The number of piperazine rings is 1. The maximum absolute atomic E-state index is 12.1. The molecule has 0 aliphatic carbocycles. The van der Waals surface area contributed by atoms with Crippen molar-refractivity contribution in [2.24, 2.45) is 0 Å². The fourth-order valence-electron chi connectivity index (χ4n) is 5.45. The van der Waals surface area contributed by atoms with Crippen molar-refractivity contribution >= 4 is 17.7 Å². The molecule has 10 heteroatoms. The number of anilines is 2. The van der Waals surface area contributed by atoms with Crippen LogP contribution in [0.5, 0.6) is 17.4 Å². The van der Waals surface area contributed by atoms with Gasteiger partial charge in [-0.05, 0) is 53.4 Å². The van der Waals surface area contributed by atoms with Gasteiger partial charge in [0.15, 0.2) is 0 Å². The quantitative estimate of drug-likeness (QED) is 0.273. The predicted octanol–water partition coefficient (Wildman–Crippen LogP) is 4.67. The molecule has 1 fully saturated rings. The molecule has 0 bridgehead atoms. The Kier molecular flexibility index (Phi) is 8.13. The van der Waals surface area contributed by atoms with E-state index in [0.29, 0.717) is 30.6 Å². The number of aliphatic carboxylic acids is 1. The number of nitrogens with two attached hydrogens (primary N) is 1. The number of hydrogen-bond donors (Lipinski definition) is 2. The first-order chi connectivity index (χ1) is 20.8. The Morgan fingerprint density at radius 2 is 1.63 bits per heavy atom. The van der Waals surface area contributed by atoms with E-state index in [1.807, 2.05) is 30.3 Å². The molecule has 3 heterocycles. The summed E-state index contributed by atoms with van der Waals surface area (Å²) in [6.07, 6.45) is 0.176. The van der Waals surface area contributed by atoms with Crippen LogP contribution in [0.1, 0.15) is 29.2 Å². The average Bonchev–Trinajstić information content (AvgIpc) is 3.47. The second-order valence-corrected chi connectivity index (χ2v) is 11.2. The molecule has 1 saturated heterocycles. The van der Waals surface area contributed by atoms with Gasteiger partial charge in [-0.2, -0.15) is 9.97 Å². The molecular weight excluding hydrogens is 546 g/mol. The molecule has 0 saturated carbocycles. The molecule has 6 rings (SSSR count). The van der Waals surface area contributed by atoms with Gasteiger partial charge in [-0.25, -0.2) is 4.79 Å². The Bertz CT molecular complexity index is 1570. The molecule has 0 radical (unpaired) electrons. The highest BCUT2D eigenvalue weighted by molar-refractivity contribution is 5.78. The fourth-order valence-corrected chi connectivity index (χ4v) is 5.45. The number of aromatic nitrogens is 2. The number of nitrogens with zero attached hydrogens (tertiary/aromatic N) is 4. The van der Waals surface area contributed by atoms with Gasteiger partial charge in [-0.1, -0.05) is 48.5 Å². The fraction of sp³-hybridized carbons (Fsp3) is 0.303. The molecule has 0 spiro atoms. The SMILES string of the molecule is CC(Cc1ccc(Oc2cc(N3CCN(Cc4ccc5c(c4)COC5)CC3)nc(N)n2)cc1)(Oc1ccccc1)C(=O)O. The summed E-state index contributed by atoms with van der Waals surface area (Å²) in [6.45, 7) is 7.31. The number of benzene rings is 3. The molecule has 4 aromatic rings. The molecule has 2 aliphatic rings. The second-order valence-electron chi connectivity index (χ2n) is 11.2. The van der Waals surface area contributed by atoms with Crippen molar-refractivity contribution in [3.63, 3.8) is 0 Å². The number of carboxylic acids is 1. The molecule has 2 aliphatic heterocycles. The molecule has 0 amide bonds. The van der Waals surface area contributed by atoms with Gasteiger partial charge in [0.25, 0.3) is 0 Å². The number of carbonyl (C=O) groups is 1. The van der Waals surface area contributed by atoms with Crippen molar-refractivity contribution in [3.8, 4) is 17.4 Å². The first-order valence-corrected chi connectivity index (χ1v) is 14.4. The van der Waals surface area contributed by atoms with Crippen LogP contribution in [0.3, 0.4) is 0 Å². The average molecular weight is 582 g/mol. The second kappa shape index (κ2) is 12.3. The predicted molar refractivity (Wildman–Crippen MR) is 162 cm³/mol. The van der Waals surface area contributed by atoms with Crippen LogP contribution in [-0.4, -0.2) is 57.7 Å². The van der Waals surface area contributed by atoms with E-state index in [2.05, 4.69) is 38.0 Å². The standard InChI is InChI=1S/C33H35N5O5/c1-33(31(39)40,43-28-5-3-2-4-6-28)19-23-8-11-27(12-9-23)42-30-18-29(35-32(34)36-30)38-15-13-37(14-16-38)20-24-7-10-25-21-41-22-26(25)17-24/h2-12,17-18H,13-16,19-22H2,1H3,(H,39,40)(H2,34,35,36). The van der Waals surface area contributed by atoms with Gasteiger partial charge < -0.3 is 30.0 Å². The van der Waals surface area contributed by atoms with Gasteiger partial charge in [-0.15, -0.1) is 0 Å². The van der Waals surface area contributed by atoms with Crippen LogP contribution in [0.15, 0.2) is 78.9 Å². The van der Waals surface area contributed by atoms with Gasteiger partial charge in [0.05, 0.1) is 13.2 Å². The maximum Gasteiger partial charge on any atom is 0.348 e. The van der Waals surface area contributed by atoms with E-state index in [1.165, 1.54) is 16.7 Å². The van der Waals surface area contributed by atoms with Gasteiger partial charge >= 0.3 is 5.97 Å². The summed E-state index contributed by atoms with van der Waals surface area (Å²) >= 11 is 0. The Morgan fingerprint density at radius 3 is 2.37 bits per heavy atom. The summed E-state index contributed by atoms with van der Waals surface area (Å²) in [4.78, 5) is 25.5. The van der Waals surface area contributed by atoms with Crippen molar-refractivity contribution in [2.45, 2.75) is 38.7 Å². The molecule has 1 aromatic heterocycles. The summed E-state index contributed by atoms with van der Waals surface area (Å²) in [5.41, 5.74) is 9.32. The highest BCUT2D eigenvalue weighted by Crippen LogP contribution is 2.28. The summed E-state index contributed by atoms with van der Waals surface area (Å²) in [7, 11) is 0. The molecule has 1 unspecified atom stereocenters. The Balaban J connectivity index is 1.06. The van der Waals surface area contributed by atoms with Crippen LogP contribution in [-0.2, 0) is 35.7 Å². The molecular formula is C33H35N5O5. The summed E-state index contributed by atoms with van der Waals surface area (Å²) in [5.74, 6) is 1.23. The number of rotatable bonds is 10. The van der Waals surface area contributed by atoms with Crippen molar-refractivity contribution in [1.82, 2.24) is 14.9 Å². The number of fused-ring (bicyclic) bond motifs is 1. The lowest BCUT2D eigenvalue weighted by atomic mass is 9.96. The van der Waals surface area contributed by atoms with E-state index in [-0.39, 0.29) is 12.4 Å². The Labute approximate surface area is 250 Å². The first kappa shape index (κ1) is 28.4. The zero-order chi connectivity index (χ0) is 29.8. The summed E-state index contributed by atoms with van der Waals surface area (Å²) < 4.78 is 17.4. The number of para-hydroxylation sites is 1. The molecule has 3 aromatic carbocycles. The van der Waals surface area contributed by atoms with Crippen LogP contribution < -0.4 is 20.1 Å². The van der Waals surface area contributed by atoms with Crippen LogP contribution in [0.4, 0.5) is 11.8 Å². The molecule has 3 N–H and O–H groups in total. The van der Waals surface area contributed by atoms with E-state index in [1.54, 1.807) is 37.3 Å². The summed E-state index contributed by atoms with van der Waals surface area (Å²) in [5, 5.41) is 9.89. The van der Waals surface area contributed by atoms with Crippen molar-refractivity contribution < 1.29 is 24.1 Å². The topological polar surface area (TPSA) is 123 Å². The van der Waals surface area contributed by atoms with Gasteiger partial charge in [0, 0.05) is 45.2 Å². The van der Waals surface area contributed by atoms with E-state index in [0.717, 1.165) is 44.1 Å². The zero-order valence-electron chi connectivity index (χ0n) is 24.1. The lowest BCUT2D eigenvalue weighted by Gasteiger charge is -2.35. The van der Waals surface area contributed by atoms with E-state index in [9.17, 15) is 9.90 Å². The lowest BCUT2D eigenvalue weighted by molar-refractivity contribution is -0.153. The van der Waals surface area contributed by atoms with E-state index in [4.69, 9.17) is 19.9 Å².